The highest BCUT2D eigenvalue weighted by Gasteiger charge is 2.40. The van der Waals surface area contributed by atoms with Crippen molar-refractivity contribution in [1.29, 1.82) is 5.26 Å². The number of nitrogens with zero attached hydrogens (tertiary/aromatic N) is 6. The van der Waals surface area contributed by atoms with Gasteiger partial charge in [0.05, 0.1) is 30.4 Å². The number of anilines is 1. The van der Waals surface area contributed by atoms with Gasteiger partial charge in [-0.2, -0.15) is 23.5 Å². The fourth-order valence-corrected chi connectivity index (χ4v) is 3.99. The van der Waals surface area contributed by atoms with Gasteiger partial charge in [0.2, 0.25) is 6.86 Å². The highest BCUT2D eigenvalue weighted by Crippen LogP contribution is 2.32. The van der Waals surface area contributed by atoms with Crippen LogP contribution in [0.25, 0.3) is 0 Å². The number of carbonyl (C=O) groups is 1. The molecule has 12 heteroatoms. The van der Waals surface area contributed by atoms with Gasteiger partial charge in [-0.15, -0.1) is 0 Å². The summed E-state index contributed by atoms with van der Waals surface area (Å²) in [7, 11) is 0. The van der Waals surface area contributed by atoms with Gasteiger partial charge in [-0.05, 0) is 36.6 Å². The van der Waals surface area contributed by atoms with Crippen molar-refractivity contribution in [3.63, 3.8) is 0 Å². The standard InChI is InChI=1S/C24H22F4N6O2/c25-16-36-34(13-18-7-2-1-6-17(18)12-29)23(35)22-20(24(26,27)28)15-33(31-22)14-19-8-5-9-21(30-19)32-10-3-4-11-32/h1-2,5-9,15H,3-4,10-11,13-14,16H2. The molecule has 1 fully saturated rings. The molecular weight excluding hydrogens is 480 g/mol. The fraction of sp³-hybridized carbons (Fsp3) is 0.333. The number of benzene rings is 1. The number of nitriles is 1. The van der Waals surface area contributed by atoms with E-state index in [2.05, 4.69) is 15.0 Å². The Morgan fingerprint density at radius 3 is 2.58 bits per heavy atom. The van der Waals surface area contributed by atoms with E-state index in [1.54, 1.807) is 24.3 Å². The Kier molecular flexibility index (Phi) is 7.49. The number of aromatic nitrogens is 3. The topological polar surface area (TPSA) is 87.3 Å². The summed E-state index contributed by atoms with van der Waals surface area (Å²) in [6.45, 7) is -0.312. The van der Waals surface area contributed by atoms with Crippen LogP contribution in [0, 0.1) is 11.3 Å². The minimum Gasteiger partial charge on any atom is -0.357 e. The number of hydroxylamine groups is 2. The molecule has 1 aliphatic heterocycles. The van der Waals surface area contributed by atoms with Gasteiger partial charge in [-0.3, -0.25) is 9.48 Å². The lowest BCUT2D eigenvalue weighted by molar-refractivity contribution is -0.161. The van der Waals surface area contributed by atoms with Crippen molar-refractivity contribution in [2.24, 2.45) is 0 Å². The maximum Gasteiger partial charge on any atom is 0.420 e. The zero-order chi connectivity index (χ0) is 25.7. The van der Waals surface area contributed by atoms with E-state index in [4.69, 9.17) is 4.84 Å². The van der Waals surface area contributed by atoms with Crippen LogP contribution in [0.5, 0.6) is 0 Å². The quantitative estimate of drug-likeness (QED) is 0.337. The van der Waals surface area contributed by atoms with Gasteiger partial charge in [0.15, 0.2) is 5.69 Å². The first kappa shape index (κ1) is 25.1. The second kappa shape index (κ2) is 10.7. The SMILES string of the molecule is N#Cc1ccccc1CN(OCF)C(=O)c1nn(Cc2cccc(N3CCCC3)n2)cc1C(F)(F)F. The number of halogens is 4. The molecule has 0 atom stereocenters. The van der Waals surface area contributed by atoms with Gasteiger partial charge in [-0.1, -0.05) is 24.3 Å². The monoisotopic (exact) mass is 502 g/mol. The summed E-state index contributed by atoms with van der Waals surface area (Å²) in [5, 5.41) is 13.6. The Morgan fingerprint density at radius 2 is 1.89 bits per heavy atom. The molecule has 1 aromatic carbocycles. The second-order valence-electron chi connectivity index (χ2n) is 8.12. The van der Waals surface area contributed by atoms with Crippen molar-refractivity contribution in [3.8, 4) is 6.07 Å². The van der Waals surface area contributed by atoms with Crippen LogP contribution in [0.4, 0.5) is 23.4 Å². The zero-order valence-electron chi connectivity index (χ0n) is 19.1. The van der Waals surface area contributed by atoms with E-state index in [0.29, 0.717) is 17.0 Å². The van der Waals surface area contributed by atoms with Crippen molar-refractivity contribution in [2.45, 2.75) is 32.1 Å². The van der Waals surface area contributed by atoms with Crippen LogP contribution in [-0.4, -0.2) is 45.7 Å². The third-order valence-electron chi connectivity index (χ3n) is 5.70. The lowest BCUT2D eigenvalue weighted by Crippen LogP contribution is -2.32. The summed E-state index contributed by atoms with van der Waals surface area (Å²) in [6.07, 6.45) is -2.10. The molecule has 0 bridgehead atoms. The summed E-state index contributed by atoms with van der Waals surface area (Å²) in [4.78, 5) is 24.4. The zero-order valence-corrected chi connectivity index (χ0v) is 19.1. The molecule has 8 nitrogen and oxygen atoms in total. The molecule has 0 N–H and O–H groups in total. The molecule has 3 heterocycles. The van der Waals surface area contributed by atoms with Crippen LogP contribution in [0.1, 0.15) is 45.7 Å². The molecule has 1 aliphatic rings. The predicted molar refractivity (Wildman–Crippen MR) is 120 cm³/mol. The first-order valence-electron chi connectivity index (χ1n) is 11.1. The molecular formula is C24H22F4N6O2. The predicted octanol–water partition coefficient (Wildman–Crippen LogP) is 4.32. The van der Waals surface area contributed by atoms with Crippen LogP contribution >= 0.6 is 0 Å². The van der Waals surface area contributed by atoms with Crippen molar-refractivity contribution in [1.82, 2.24) is 19.8 Å². The van der Waals surface area contributed by atoms with Crippen molar-refractivity contribution >= 4 is 11.7 Å². The molecule has 0 radical (unpaired) electrons. The summed E-state index contributed by atoms with van der Waals surface area (Å²) in [6, 6.07) is 13.3. The lowest BCUT2D eigenvalue weighted by atomic mass is 10.1. The average Bonchev–Trinajstić information content (AvgIpc) is 3.54. The van der Waals surface area contributed by atoms with Crippen LogP contribution in [0.3, 0.4) is 0 Å². The number of amides is 1. The van der Waals surface area contributed by atoms with Crippen LogP contribution < -0.4 is 4.90 Å². The number of hydrogen-bond acceptors (Lipinski definition) is 6. The second-order valence-corrected chi connectivity index (χ2v) is 8.12. The third-order valence-corrected chi connectivity index (χ3v) is 5.70. The number of alkyl halides is 4. The number of hydrogen-bond donors (Lipinski definition) is 0. The Bertz CT molecular complexity index is 1260. The van der Waals surface area contributed by atoms with Gasteiger partial charge in [0.1, 0.15) is 11.4 Å². The van der Waals surface area contributed by atoms with E-state index in [1.807, 2.05) is 12.1 Å². The molecule has 1 amide bonds. The van der Waals surface area contributed by atoms with Gasteiger partial charge in [-0.25, -0.2) is 19.3 Å². The Labute approximate surface area is 204 Å². The molecule has 4 rings (SSSR count). The van der Waals surface area contributed by atoms with E-state index in [-0.39, 0.29) is 17.7 Å². The van der Waals surface area contributed by atoms with E-state index in [1.165, 1.54) is 12.1 Å². The molecule has 0 spiro atoms. The highest BCUT2D eigenvalue weighted by molar-refractivity contribution is 5.93. The largest absolute Gasteiger partial charge is 0.420 e. The van der Waals surface area contributed by atoms with Gasteiger partial charge < -0.3 is 4.90 Å². The third kappa shape index (κ3) is 5.63. The fourth-order valence-electron chi connectivity index (χ4n) is 3.99. The molecule has 0 aliphatic carbocycles. The van der Waals surface area contributed by atoms with Gasteiger partial charge >= 0.3 is 6.18 Å². The van der Waals surface area contributed by atoms with Gasteiger partial charge in [0.25, 0.3) is 5.91 Å². The summed E-state index contributed by atoms with van der Waals surface area (Å²) in [5.74, 6) is -0.562. The number of rotatable bonds is 8. The van der Waals surface area contributed by atoms with Crippen molar-refractivity contribution in [2.75, 3.05) is 24.9 Å². The van der Waals surface area contributed by atoms with Crippen molar-refractivity contribution < 1.29 is 27.2 Å². The highest BCUT2D eigenvalue weighted by atomic mass is 19.4. The summed E-state index contributed by atoms with van der Waals surface area (Å²) >= 11 is 0. The normalized spacial score (nSPS) is 13.6. The van der Waals surface area contributed by atoms with Crippen molar-refractivity contribution in [3.05, 3.63) is 76.7 Å². The Morgan fingerprint density at radius 1 is 1.14 bits per heavy atom. The molecule has 0 saturated carbocycles. The van der Waals surface area contributed by atoms with Crippen LogP contribution in [-0.2, 0) is 24.1 Å². The molecule has 2 aromatic heterocycles. The minimum absolute atomic E-state index is 0.112. The molecule has 188 valence electrons. The van der Waals surface area contributed by atoms with E-state index in [0.717, 1.165) is 36.4 Å². The summed E-state index contributed by atoms with van der Waals surface area (Å²) < 4.78 is 55.5. The van der Waals surface area contributed by atoms with Crippen LogP contribution in [0.15, 0.2) is 48.7 Å². The van der Waals surface area contributed by atoms with Crippen LogP contribution in [0.2, 0.25) is 0 Å². The van der Waals surface area contributed by atoms with E-state index in [9.17, 15) is 27.6 Å². The minimum atomic E-state index is -4.90. The van der Waals surface area contributed by atoms with E-state index >= 15 is 0 Å². The lowest BCUT2D eigenvalue weighted by Gasteiger charge is -2.20. The van der Waals surface area contributed by atoms with Gasteiger partial charge in [0, 0.05) is 19.3 Å². The average molecular weight is 502 g/mol. The molecule has 1 saturated heterocycles. The Balaban J connectivity index is 1.63. The number of pyridine rings is 1. The maximum absolute atomic E-state index is 13.8. The van der Waals surface area contributed by atoms with E-state index < -0.39 is 36.7 Å². The smallest absolute Gasteiger partial charge is 0.357 e. The molecule has 0 unspecified atom stereocenters. The maximum atomic E-state index is 13.8. The first-order chi connectivity index (χ1) is 17.3. The summed E-state index contributed by atoms with van der Waals surface area (Å²) in [5.41, 5.74) is -1.32. The first-order valence-corrected chi connectivity index (χ1v) is 11.1. The molecule has 3 aromatic rings. The Hall–Kier alpha value is -3.98. The molecule has 36 heavy (non-hydrogen) atoms. The number of carbonyl (C=O) groups excluding carboxylic acids is 1.